The van der Waals surface area contributed by atoms with Crippen LogP contribution in [-0.2, 0) is 11.4 Å². The molecule has 4 nitrogen and oxygen atoms in total. The van der Waals surface area contributed by atoms with E-state index < -0.39 is 5.82 Å². The molecule has 0 spiro atoms. The maximum absolute atomic E-state index is 13.6. The summed E-state index contributed by atoms with van der Waals surface area (Å²) in [6.07, 6.45) is 1.76. The molecule has 0 unspecified atom stereocenters. The van der Waals surface area contributed by atoms with Crippen LogP contribution >= 0.6 is 46.6 Å². The van der Waals surface area contributed by atoms with Crippen molar-refractivity contribution in [3.8, 4) is 11.5 Å². The molecule has 168 valence electrons. The SMILES string of the molecule is COc1cc(/C=C2/SC(=S)N(c3cccc(F)c3)C2=O)cc(I)c1OCc1ccc(C)cc1. The van der Waals surface area contributed by atoms with Gasteiger partial charge in [-0.25, -0.2) is 4.39 Å². The highest BCUT2D eigenvalue weighted by Crippen LogP contribution is 2.39. The number of thiocarbonyl (C=S) groups is 1. The van der Waals surface area contributed by atoms with Gasteiger partial charge in [-0.3, -0.25) is 9.69 Å². The zero-order chi connectivity index (χ0) is 23.5. The first kappa shape index (κ1) is 23.7. The number of thioether (sulfide) groups is 1. The zero-order valence-corrected chi connectivity index (χ0v) is 21.6. The van der Waals surface area contributed by atoms with Crippen LogP contribution in [0.3, 0.4) is 0 Å². The normalized spacial score (nSPS) is 14.8. The number of rotatable bonds is 6. The Morgan fingerprint density at radius 2 is 1.91 bits per heavy atom. The summed E-state index contributed by atoms with van der Waals surface area (Å²) in [7, 11) is 1.58. The first-order valence-electron chi connectivity index (χ1n) is 9.95. The number of ether oxygens (including phenoxy) is 2. The minimum atomic E-state index is -0.425. The molecule has 0 aliphatic carbocycles. The van der Waals surface area contributed by atoms with E-state index in [0.717, 1.165) is 14.7 Å². The fourth-order valence-electron chi connectivity index (χ4n) is 3.26. The van der Waals surface area contributed by atoms with Crippen molar-refractivity contribution in [2.24, 2.45) is 0 Å². The van der Waals surface area contributed by atoms with Crippen LogP contribution in [0.25, 0.3) is 6.08 Å². The summed E-state index contributed by atoms with van der Waals surface area (Å²) in [4.78, 5) is 14.8. The molecule has 33 heavy (non-hydrogen) atoms. The zero-order valence-electron chi connectivity index (χ0n) is 17.8. The van der Waals surface area contributed by atoms with E-state index in [1.165, 1.54) is 34.4 Å². The summed E-state index contributed by atoms with van der Waals surface area (Å²) in [6.45, 7) is 2.46. The van der Waals surface area contributed by atoms with E-state index in [0.29, 0.717) is 33.0 Å². The lowest BCUT2D eigenvalue weighted by molar-refractivity contribution is -0.113. The molecule has 0 saturated carbocycles. The monoisotopic (exact) mass is 591 g/mol. The van der Waals surface area contributed by atoms with Crippen LogP contribution in [0.1, 0.15) is 16.7 Å². The molecular weight excluding hydrogens is 572 g/mol. The molecule has 3 aromatic carbocycles. The van der Waals surface area contributed by atoms with Crippen molar-refractivity contribution in [2.75, 3.05) is 12.0 Å². The molecule has 8 heteroatoms. The molecule has 4 rings (SSSR count). The molecule has 1 fully saturated rings. The Hall–Kier alpha value is -2.43. The summed E-state index contributed by atoms with van der Waals surface area (Å²) in [5.74, 6) is 0.499. The second-order valence-electron chi connectivity index (χ2n) is 7.31. The Bertz CT molecular complexity index is 1260. The number of methoxy groups -OCH3 is 1. The Labute approximate surface area is 214 Å². The van der Waals surface area contributed by atoms with E-state index in [1.807, 2.05) is 43.3 Å². The molecule has 1 aliphatic rings. The smallest absolute Gasteiger partial charge is 0.270 e. The quantitative estimate of drug-likeness (QED) is 0.181. The summed E-state index contributed by atoms with van der Waals surface area (Å²) < 4.78 is 26.5. The van der Waals surface area contributed by atoms with Gasteiger partial charge in [0.25, 0.3) is 5.91 Å². The lowest BCUT2D eigenvalue weighted by Gasteiger charge is -2.14. The lowest BCUT2D eigenvalue weighted by atomic mass is 10.1. The third-order valence-electron chi connectivity index (χ3n) is 4.91. The van der Waals surface area contributed by atoms with Gasteiger partial charge in [0, 0.05) is 0 Å². The van der Waals surface area contributed by atoms with Gasteiger partial charge in [0.2, 0.25) is 0 Å². The van der Waals surface area contributed by atoms with Crippen molar-refractivity contribution in [1.29, 1.82) is 0 Å². The van der Waals surface area contributed by atoms with Gasteiger partial charge in [-0.05, 0) is 77.0 Å². The van der Waals surface area contributed by atoms with E-state index in [-0.39, 0.29) is 5.91 Å². The number of nitrogens with zero attached hydrogens (tertiary/aromatic N) is 1. The van der Waals surface area contributed by atoms with Gasteiger partial charge < -0.3 is 9.47 Å². The average Bonchev–Trinajstić information content (AvgIpc) is 3.06. The fourth-order valence-corrected chi connectivity index (χ4v) is 5.34. The maximum Gasteiger partial charge on any atom is 0.270 e. The van der Waals surface area contributed by atoms with Crippen molar-refractivity contribution < 1.29 is 18.7 Å². The lowest BCUT2D eigenvalue weighted by Crippen LogP contribution is -2.27. The predicted molar refractivity (Wildman–Crippen MR) is 143 cm³/mol. The molecule has 0 aromatic heterocycles. The number of hydrogen-bond donors (Lipinski definition) is 0. The van der Waals surface area contributed by atoms with E-state index in [1.54, 1.807) is 25.3 Å². The predicted octanol–water partition coefficient (Wildman–Crippen LogP) is 6.73. The summed E-state index contributed by atoms with van der Waals surface area (Å²) >= 11 is 8.75. The average molecular weight is 591 g/mol. The largest absolute Gasteiger partial charge is 0.493 e. The van der Waals surface area contributed by atoms with Gasteiger partial charge in [0.05, 0.1) is 21.3 Å². The second kappa shape index (κ2) is 10.2. The van der Waals surface area contributed by atoms with Gasteiger partial charge in [-0.15, -0.1) is 0 Å². The molecule has 1 heterocycles. The third-order valence-corrected chi connectivity index (χ3v) is 7.02. The third kappa shape index (κ3) is 5.39. The molecule has 0 N–H and O–H groups in total. The maximum atomic E-state index is 13.6. The standard InChI is InChI=1S/C25H19FINO3S2/c1-15-6-8-16(9-7-15)14-31-23-20(27)10-17(11-21(23)30-2)12-22-24(29)28(25(32)33-22)19-5-3-4-18(26)13-19/h3-13H,14H2,1-2H3/b22-12+. The topological polar surface area (TPSA) is 38.8 Å². The van der Waals surface area contributed by atoms with Crippen LogP contribution in [0, 0.1) is 16.3 Å². The molecule has 1 amide bonds. The number of hydrogen-bond acceptors (Lipinski definition) is 5. The Balaban J connectivity index is 1.58. The van der Waals surface area contributed by atoms with Crippen LogP contribution in [0.2, 0.25) is 0 Å². The van der Waals surface area contributed by atoms with Gasteiger partial charge in [-0.2, -0.15) is 0 Å². The van der Waals surface area contributed by atoms with Crippen molar-refractivity contribution in [2.45, 2.75) is 13.5 Å². The van der Waals surface area contributed by atoms with Crippen LogP contribution in [0.15, 0.2) is 65.6 Å². The van der Waals surface area contributed by atoms with Crippen molar-refractivity contribution in [3.05, 3.63) is 91.6 Å². The first-order chi connectivity index (χ1) is 15.9. The van der Waals surface area contributed by atoms with Crippen molar-refractivity contribution in [3.63, 3.8) is 0 Å². The molecule has 0 atom stereocenters. The highest BCUT2D eigenvalue weighted by atomic mass is 127. The first-order valence-corrected chi connectivity index (χ1v) is 12.3. The molecule has 0 bridgehead atoms. The second-order valence-corrected chi connectivity index (χ2v) is 10.1. The number of aryl methyl sites for hydroxylation is 1. The van der Waals surface area contributed by atoms with Gasteiger partial charge >= 0.3 is 0 Å². The van der Waals surface area contributed by atoms with Crippen LogP contribution in [-0.4, -0.2) is 17.3 Å². The summed E-state index contributed by atoms with van der Waals surface area (Å²) in [5, 5.41) is 0. The van der Waals surface area contributed by atoms with Gasteiger partial charge in [0.1, 0.15) is 12.4 Å². The summed E-state index contributed by atoms with van der Waals surface area (Å²) in [6, 6.07) is 17.7. The molecule has 1 aliphatic heterocycles. The molecule has 3 aromatic rings. The van der Waals surface area contributed by atoms with E-state index in [2.05, 4.69) is 22.6 Å². The Morgan fingerprint density at radius 3 is 2.61 bits per heavy atom. The van der Waals surface area contributed by atoms with Crippen molar-refractivity contribution >= 4 is 68.6 Å². The minimum Gasteiger partial charge on any atom is -0.493 e. The van der Waals surface area contributed by atoms with Crippen LogP contribution < -0.4 is 14.4 Å². The highest BCUT2D eigenvalue weighted by Gasteiger charge is 2.33. The Kier molecular flexibility index (Phi) is 7.35. The van der Waals surface area contributed by atoms with Crippen LogP contribution in [0.4, 0.5) is 10.1 Å². The number of halogens is 2. The molecule has 0 radical (unpaired) electrons. The van der Waals surface area contributed by atoms with E-state index in [9.17, 15) is 9.18 Å². The van der Waals surface area contributed by atoms with E-state index >= 15 is 0 Å². The minimum absolute atomic E-state index is 0.288. The summed E-state index contributed by atoms with van der Waals surface area (Å²) in [5.41, 5.74) is 3.44. The van der Waals surface area contributed by atoms with Crippen LogP contribution in [0.5, 0.6) is 11.5 Å². The molecule has 1 saturated heterocycles. The highest BCUT2D eigenvalue weighted by molar-refractivity contribution is 14.1. The fraction of sp³-hybridized carbons (Fsp3) is 0.120. The number of anilines is 1. The number of carbonyl (C=O) groups is 1. The van der Waals surface area contributed by atoms with Gasteiger partial charge in [0.15, 0.2) is 15.8 Å². The number of amides is 1. The molecular formula is C25H19FINO3S2. The number of carbonyl (C=O) groups excluding carboxylic acids is 1. The van der Waals surface area contributed by atoms with Crippen molar-refractivity contribution in [1.82, 2.24) is 0 Å². The number of benzene rings is 3. The van der Waals surface area contributed by atoms with Gasteiger partial charge in [-0.1, -0.05) is 59.9 Å². The van der Waals surface area contributed by atoms with E-state index in [4.69, 9.17) is 21.7 Å². The Morgan fingerprint density at radius 1 is 1.15 bits per heavy atom.